The fraction of sp³-hybridized carbons (Fsp3) is 0.417. The number of methoxy groups -OCH3 is 1. The van der Waals surface area contributed by atoms with Crippen molar-refractivity contribution in [1.82, 2.24) is 0 Å². The molecule has 0 bridgehead atoms. The maximum absolute atomic E-state index is 11.8. The van der Waals surface area contributed by atoms with Gasteiger partial charge in [0.05, 0.1) is 11.6 Å². The first kappa shape index (κ1) is 16.9. The van der Waals surface area contributed by atoms with Crippen LogP contribution in [0.4, 0.5) is 0 Å². The molecule has 1 aromatic carbocycles. The molecule has 1 unspecified atom stereocenters. The number of carboxylic acid groups (broad SMARTS) is 1. The molecule has 0 radical (unpaired) electrons. The Hall–Kier alpha value is -1.12. The van der Waals surface area contributed by atoms with E-state index in [2.05, 4.69) is 15.9 Å². The van der Waals surface area contributed by atoms with E-state index in [1.807, 2.05) is 0 Å². The van der Waals surface area contributed by atoms with Gasteiger partial charge in [0, 0.05) is 18.7 Å². The average Bonchev–Trinajstić information content (AvgIpc) is 2.33. The first-order valence-electron chi connectivity index (χ1n) is 5.71. The van der Waals surface area contributed by atoms with E-state index in [9.17, 15) is 13.2 Å². The third-order valence-electron chi connectivity index (χ3n) is 2.73. The van der Waals surface area contributed by atoms with E-state index >= 15 is 0 Å². The molecule has 1 atom stereocenters. The van der Waals surface area contributed by atoms with Crippen LogP contribution >= 0.6 is 15.9 Å². The van der Waals surface area contributed by atoms with Crippen molar-refractivity contribution < 1.29 is 23.1 Å². The van der Waals surface area contributed by atoms with Crippen LogP contribution < -0.4 is 10.5 Å². The van der Waals surface area contributed by atoms with Gasteiger partial charge < -0.3 is 15.6 Å². The molecule has 0 aliphatic heterocycles. The van der Waals surface area contributed by atoms with Crippen molar-refractivity contribution in [2.45, 2.75) is 23.8 Å². The molecular weight excluding hydrogens is 350 g/mol. The van der Waals surface area contributed by atoms with Crippen molar-refractivity contribution in [1.29, 1.82) is 0 Å². The molecule has 0 aliphatic rings. The molecule has 20 heavy (non-hydrogen) atoms. The third-order valence-corrected chi connectivity index (χ3v) is 4.42. The van der Waals surface area contributed by atoms with E-state index in [4.69, 9.17) is 15.6 Å². The number of hydrogen-bond acceptors (Lipinski definition) is 5. The van der Waals surface area contributed by atoms with E-state index in [-0.39, 0.29) is 23.5 Å². The number of aliphatic carboxylic acids is 1. The number of benzene rings is 1. The molecule has 0 aliphatic carbocycles. The van der Waals surface area contributed by atoms with Crippen LogP contribution in [0.15, 0.2) is 21.5 Å². The largest absolute Gasteiger partial charge is 0.494 e. The molecule has 1 rings (SSSR count). The smallest absolute Gasteiger partial charge is 0.303 e. The number of rotatable bonds is 6. The molecule has 112 valence electrons. The Bertz CT molecular complexity index is 615. The van der Waals surface area contributed by atoms with Crippen molar-refractivity contribution in [3.63, 3.8) is 0 Å². The number of halogens is 1. The summed E-state index contributed by atoms with van der Waals surface area (Å²) in [7, 11) is -2.11. The normalized spacial score (nSPS) is 13.0. The first-order valence-corrected chi connectivity index (χ1v) is 8.40. The number of carboxylic acids is 1. The zero-order chi connectivity index (χ0) is 15.5. The molecule has 0 fully saturated rings. The average molecular weight is 366 g/mol. The minimum atomic E-state index is -3.48. The van der Waals surface area contributed by atoms with Crippen LogP contribution in [-0.2, 0) is 14.6 Å². The monoisotopic (exact) mass is 365 g/mol. The Balaban J connectivity index is 3.24. The predicted octanol–water partition coefficient (Wildman–Crippen LogP) is 1.73. The van der Waals surface area contributed by atoms with Gasteiger partial charge in [0.15, 0.2) is 15.6 Å². The van der Waals surface area contributed by atoms with Gasteiger partial charge >= 0.3 is 5.97 Å². The lowest BCUT2D eigenvalue weighted by molar-refractivity contribution is -0.137. The fourth-order valence-electron chi connectivity index (χ4n) is 1.72. The van der Waals surface area contributed by atoms with E-state index in [0.717, 1.165) is 6.26 Å². The molecule has 0 heterocycles. The van der Waals surface area contributed by atoms with Crippen LogP contribution in [0.5, 0.6) is 5.75 Å². The van der Waals surface area contributed by atoms with Crippen molar-refractivity contribution in [3.8, 4) is 5.75 Å². The maximum Gasteiger partial charge on any atom is 0.303 e. The molecule has 8 heteroatoms. The Kier molecular flexibility index (Phi) is 5.55. The molecule has 6 nitrogen and oxygen atoms in total. The van der Waals surface area contributed by atoms with E-state index < -0.39 is 21.8 Å². The molecule has 1 aromatic rings. The highest BCUT2D eigenvalue weighted by Gasteiger charge is 2.20. The molecule has 0 spiro atoms. The number of ether oxygens (including phenoxy) is 1. The molecule has 0 amide bonds. The SMILES string of the molecule is COc1c(Br)cc(C(N)CCC(=O)O)cc1S(C)(=O)=O. The number of hydrogen-bond donors (Lipinski definition) is 2. The van der Waals surface area contributed by atoms with Crippen LogP contribution in [0.1, 0.15) is 24.4 Å². The quantitative estimate of drug-likeness (QED) is 0.794. The third kappa shape index (κ3) is 4.19. The zero-order valence-electron chi connectivity index (χ0n) is 11.1. The van der Waals surface area contributed by atoms with Crippen molar-refractivity contribution in [2.75, 3.05) is 13.4 Å². The maximum atomic E-state index is 11.8. The van der Waals surface area contributed by atoms with Gasteiger partial charge in [-0.3, -0.25) is 4.79 Å². The summed E-state index contributed by atoms with van der Waals surface area (Å²) in [6.45, 7) is 0. The minimum absolute atomic E-state index is 0.0233. The van der Waals surface area contributed by atoms with Crippen LogP contribution in [0.2, 0.25) is 0 Å². The van der Waals surface area contributed by atoms with Gasteiger partial charge in [-0.2, -0.15) is 0 Å². The highest BCUT2D eigenvalue weighted by molar-refractivity contribution is 9.10. The Morgan fingerprint density at radius 1 is 1.50 bits per heavy atom. The van der Waals surface area contributed by atoms with Crippen molar-refractivity contribution in [3.05, 3.63) is 22.2 Å². The second-order valence-electron chi connectivity index (χ2n) is 4.35. The lowest BCUT2D eigenvalue weighted by Crippen LogP contribution is -2.13. The second kappa shape index (κ2) is 6.55. The topological polar surface area (TPSA) is 107 Å². The summed E-state index contributed by atoms with van der Waals surface area (Å²) in [5, 5.41) is 8.65. The Morgan fingerprint density at radius 2 is 2.10 bits per heavy atom. The van der Waals surface area contributed by atoms with Gasteiger partial charge in [0.25, 0.3) is 0 Å². The summed E-state index contributed by atoms with van der Waals surface area (Å²) in [5.74, 6) is -0.738. The Labute approximate surface area is 126 Å². The molecular formula is C12H16BrNO5S. The van der Waals surface area contributed by atoms with Crippen molar-refractivity contribution in [2.24, 2.45) is 5.73 Å². The van der Waals surface area contributed by atoms with Gasteiger partial charge in [-0.15, -0.1) is 0 Å². The van der Waals surface area contributed by atoms with E-state index in [1.165, 1.54) is 13.2 Å². The summed E-state index contributed by atoms with van der Waals surface area (Å²) in [4.78, 5) is 10.6. The fourth-order valence-corrected chi connectivity index (χ4v) is 3.37. The highest BCUT2D eigenvalue weighted by Crippen LogP contribution is 2.35. The number of carbonyl (C=O) groups is 1. The molecule has 0 saturated carbocycles. The lowest BCUT2D eigenvalue weighted by Gasteiger charge is -2.16. The summed E-state index contributed by atoms with van der Waals surface area (Å²) in [6, 6.07) is 2.50. The summed E-state index contributed by atoms with van der Waals surface area (Å²) in [6.07, 6.45) is 1.21. The number of sulfone groups is 1. The van der Waals surface area contributed by atoms with Gasteiger partial charge in [-0.05, 0) is 40.0 Å². The van der Waals surface area contributed by atoms with Gasteiger partial charge in [-0.1, -0.05) is 0 Å². The van der Waals surface area contributed by atoms with Crippen molar-refractivity contribution >= 4 is 31.7 Å². The first-order chi connectivity index (χ1) is 9.16. The zero-order valence-corrected chi connectivity index (χ0v) is 13.5. The lowest BCUT2D eigenvalue weighted by atomic mass is 10.0. The standard InChI is InChI=1S/C12H16BrNO5S/c1-19-12-8(13)5-7(6-10(12)20(2,17)18)9(14)3-4-11(15)16/h5-6,9H,3-4,14H2,1-2H3,(H,15,16). The van der Waals surface area contributed by atoms with E-state index in [0.29, 0.717) is 10.0 Å². The summed E-state index contributed by atoms with van der Waals surface area (Å²) >= 11 is 3.24. The number of nitrogens with two attached hydrogens (primary N) is 1. The summed E-state index contributed by atoms with van der Waals surface area (Å²) in [5.41, 5.74) is 6.44. The van der Waals surface area contributed by atoms with Gasteiger partial charge in [0.1, 0.15) is 4.90 Å². The molecule has 0 aromatic heterocycles. The van der Waals surface area contributed by atoms with E-state index in [1.54, 1.807) is 6.07 Å². The highest BCUT2D eigenvalue weighted by atomic mass is 79.9. The van der Waals surface area contributed by atoms with Crippen LogP contribution in [0.25, 0.3) is 0 Å². The van der Waals surface area contributed by atoms with Crippen LogP contribution in [0, 0.1) is 0 Å². The minimum Gasteiger partial charge on any atom is -0.494 e. The Morgan fingerprint density at radius 3 is 2.55 bits per heavy atom. The molecule has 3 N–H and O–H groups in total. The second-order valence-corrected chi connectivity index (χ2v) is 7.18. The van der Waals surface area contributed by atoms with Crippen LogP contribution in [-0.4, -0.2) is 32.9 Å². The van der Waals surface area contributed by atoms with Crippen LogP contribution in [0.3, 0.4) is 0 Å². The van der Waals surface area contributed by atoms with Gasteiger partial charge in [-0.25, -0.2) is 8.42 Å². The predicted molar refractivity (Wildman–Crippen MR) is 77.6 cm³/mol. The van der Waals surface area contributed by atoms with Gasteiger partial charge in [0.2, 0.25) is 0 Å². The summed E-state index contributed by atoms with van der Waals surface area (Å²) < 4.78 is 29.1. The molecule has 0 saturated heterocycles.